The number of carbonyl (C=O) groups excluding carboxylic acids is 3. The third kappa shape index (κ3) is 4.03. The van der Waals surface area contributed by atoms with E-state index in [1.54, 1.807) is 50.4 Å². The lowest BCUT2D eigenvalue weighted by Gasteiger charge is -2.44. The highest BCUT2D eigenvalue weighted by Gasteiger charge is 2.52. The molecule has 2 aromatic rings. The van der Waals surface area contributed by atoms with E-state index in [1.807, 2.05) is 12.1 Å². The first-order valence-corrected chi connectivity index (χ1v) is 10.4. The van der Waals surface area contributed by atoms with E-state index in [0.29, 0.717) is 18.4 Å². The minimum Gasteiger partial charge on any atom is -0.497 e. The summed E-state index contributed by atoms with van der Waals surface area (Å²) in [4.78, 5) is 38.3. The zero-order valence-electron chi connectivity index (χ0n) is 17.8. The molecule has 2 unspecified atom stereocenters. The molecule has 4 rings (SSSR count). The molecule has 0 radical (unpaired) electrons. The van der Waals surface area contributed by atoms with Crippen molar-refractivity contribution < 1.29 is 28.6 Å². The predicted octanol–water partition coefficient (Wildman–Crippen LogP) is 2.80. The molecule has 2 N–H and O–H groups in total. The number of nitrogens with one attached hydrogen (secondary N) is 2. The van der Waals surface area contributed by atoms with Gasteiger partial charge in [-0.1, -0.05) is 18.2 Å². The summed E-state index contributed by atoms with van der Waals surface area (Å²) in [5, 5.41) is 5.80. The maximum atomic E-state index is 12.9. The molecule has 8 nitrogen and oxygen atoms in total. The second kappa shape index (κ2) is 8.74. The summed E-state index contributed by atoms with van der Waals surface area (Å²) in [5.74, 6) is -1.96. The van der Waals surface area contributed by atoms with Crippen molar-refractivity contribution in [2.24, 2.45) is 5.92 Å². The fraction of sp³-hybridized carbons (Fsp3) is 0.292. The lowest BCUT2D eigenvalue weighted by molar-refractivity contribution is -0.170. The Morgan fingerprint density at radius 2 is 2.00 bits per heavy atom. The summed E-state index contributed by atoms with van der Waals surface area (Å²) >= 11 is 0. The molecule has 0 bridgehead atoms. The largest absolute Gasteiger partial charge is 0.497 e. The first kappa shape index (κ1) is 21.4. The van der Waals surface area contributed by atoms with E-state index in [-0.39, 0.29) is 12.3 Å². The summed E-state index contributed by atoms with van der Waals surface area (Å²) in [6.45, 7) is 1.88. The Morgan fingerprint density at radius 3 is 2.72 bits per heavy atom. The van der Waals surface area contributed by atoms with Crippen LogP contribution in [0.4, 0.5) is 5.69 Å². The molecule has 2 heterocycles. The van der Waals surface area contributed by atoms with Crippen molar-refractivity contribution in [3.63, 3.8) is 0 Å². The maximum Gasteiger partial charge on any atom is 0.356 e. The summed E-state index contributed by atoms with van der Waals surface area (Å²) in [7, 11) is 1.59. The normalized spacial score (nSPS) is 21.5. The van der Waals surface area contributed by atoms with Gasteiger partial charge in [-0.15, -0.1) is 0 Å². The molecular weight excluding hydrogens is 412 g/mol. The molecule has 2 aliphatic heterocycles. The first-order chi connectivity index (χ1) is 15.5. The van der Waals surface area contributed by atoms with Gasteiger partial charge in [0.15, 0.2) is 0 Å². The average Bonchev–Trinajstić information content (AvgIpc) is 2.81. The Bertz CT molecular complexity index is 1080. The Hall–Kier alpha value is -3.81. The van der Waals surface area contributed by atoms with E-state index in [4.69, 9.17) is 14.2 Å². The zero-order valence-corrected chi connectivity index (χ0v) is 17.8. The Kier molecular flexibility index (Phi) is 5.85. The van der Waals surface area contributed by atoms with Crippen LogP contribution >= 0.6 is 0 Å². The fourth-order valence-electron chi connectivity index (χ4n) is 3.97. The van der Waals surface area contributed by atoms with Gasteiger partial charge in [0.2, 0.25) is 5.72 Å². The van der Waals surface area contributed by atoms with Crippen LogP contribution in [0.2, 0.25) is 0 Å². The smallest absolute Gasteiger partial charge is 0.356 e. The second-order valence-corrected chi connectivity index (χ2v) is 7.56. The SMILES string of the molecule is CCOC(=O)C1C=C(NC(=O)c2ccccc2)C(=O)OC12CCc1cc(OC)ccc1N2. The number of methoxy groups -OCH3 is 1. The molecule has 0 aliphatic carbocycles. The number of ether oxygens (including phenoxy) is 3. The second-order valence-electron chi connectivity index (χ2n) is 7.56. The lowest BCUT2D eigenvalue weighted by Crippen LogP contribution is -2.57. The molecule has 1 amide bonds. The third-order valence-electron chi connectivity index (χ3n) is 5.58. The maximum absolute atomic E-state index is 12.9. The molecule has 32 heavy (non-hydrogen) atoms. The van der Waals surface area contributed by atoms with Crippen molar-refractivity contribution in [2.75, 3.05) is 19.0 Å². The molecule has 166 valence electrons. The molecule has 0 aromatic heterocycles. The third-order valence-corrected chi connectivity index (χ3v) is 5.58. The molecular formula is C24H24N2O6. The van der Waals surface area contributed by atoms with E-state index in [1.165, 1.54) is 6.08 Å². The van der Waals surface area contributed by atoms with Gasteiger partial charge in [-0.25, -0.2) is 4.79 Å². The van der Waals surface area contributed by atoms with Gasteiger partial charge in [-0.3, -0.25) is 9.59 Å². The number of fused-ring (bicyclic) bond motifs is 1. The van der Waals surface area contributed by atoms with Crippen LogP contribution in [0.3, 0.4) is 0 Å². The van der Waals surface area contributed by atoms with Gasteiger partial charge < -0.3 is 24.8 Å². The highest BCUT2D eigenvalue weighted by atomic mass is 16.6. The molecule has 0 fully saturated rings. The van der Waals surface area contributed by atoms with Crippen LogP contribution in [-0.4, -0.2) is 37.3 Å². The average molecular weight is 436 g/mol. The van der Waals surface area contributed by atoms with E-state index >= 15 is 0 Å². The monoisotopic (exact) mass is 436 g/mol. The van der Waals surface area contributed by atoms with Crippen molar-refractivity contribution in [3.8, 4) is 5.75 Å². The number of benzene rings is 2. The Morgan fingerprint density at radius 1 is 1.22 bits per heavy atom. The highest BCUT2D eigenvalue weighted by molar-refractivity contribution is 6.02. The molecule has 2 aliphatic rings. The van der Waals surface area contributed by atoms with Crippen molar-refractivity contribution >= 4 is 23.5 Å². The van der Waals surface area contributed by atoms with Gasteiger partial charge in [-0.05, 0) is 55.3 Å². The van der Waals surface area contributed by atoms with Crippen LogP contribution in [0.1, 0.15) is 29.3 Å². The number of hydrogen-bond donors (Lipinski definition) is 2. The molecule has 2 atom stereocenters. The predicted molar refractivity (Wildman–Crippen MR) is 116 cm³/mol. The zero-order chi connectivity index (χ0) is 22.7. The van der Waals surface area contributed by atoms with Crippen molar-refractivity contribution in [1.29, 1.82) is 0 Å². The Labute approximate surface area is 185 Å². The van der Waals surface area contributed by atoms with Crippen LogP contribution in [0, 0.1) is 5.92 Å². The summed E-state index contributed by atoms with van der Waals surface area (Å²) in [6, 6.07) is 14.0. The number of carbonyl (C=O) groups is 3. The van der Waals surface area contributed by atoms with E-state index < -0.39 is 29.5 Å². The number of esters is 2. The molecule has 0 saturated carbocycles. The van der Waals surface area contributed by atoms with Crippen LogP contribution < -0.4 is 15.4 Å². The van der Waals surface area contributed by atoms with Crippen LogP contribution in [0.25, 0.3) is 0 Å². The molecule has 8 heteroatoms. The van der Waals surface area contributed by atoms with Gasteiger partial charge in [0.05, 0.1) is 13.7 Å². The molecule has 2 aromatic carbocycles. The van der Waals surface area contributed by atoms with Crippen LogP contribution in [0.5, 0.6) is 5.75 Å². The van der Waals surface area contributed by atoms with Gasteiger partial charge in [0.1, 0.15) is 17.4 Å². The van der Waals surface area contributed by atoms with Gasteiger partial charge in [-0.2, -0.15) is 0 Å². The number of anilines is 1. The minimum atomic E-state index is -1.31. The van der Waals surface area contributed by atoms with Crippen molar-refractivity contribution in [1.82, 2.24) is 5.32 Å². The van der Waals surface area contributed by atoms with Crippen LogP contribution in [0.15, 0.2) is 60.3 Å². The minimum absolute atomic E-state index is 0.0927. The first-order valence-electron chi connectivity index (χ1n) is 10.4. The van der Waals surface area contributed by atoms with Crippen molar-refractivity contribution in [2.45, 2.75) is 25.5 Å². The highest BCUT2D eigenvalue weighted by Crippen LogP contribution is 2.41. The van der Waals surface area contributed by atoms with Gasteiger partial charge in [0.25, 0.3) is 5.91 Å². The van der Waals surface area contributed by atoms with Gasteiger partial charge >= 0.3 is 11.9 Å². The van der Waals surface area contributed by atoms with Crippen LogP contribution in [-0.2, 0) is 25.5 Å². The van der Waals surface area contributed by atoms with Crippen molar-refractivity contribution in [3.05, 3.63) is 71.4 Å². The topological polar surface area (TPSA) is 103 Å². The standard InChI is InChI=1S/C24H24N2O6/c1-3-31-22(28)18-14-20(25-21(27)15-7-5-4-6-8-15)23(29)32-24(18)12-11-16-13-17(30-2)9-10-19(16)26-24/h4-10,13-14,18,26H,3,11-12H2,1-2H3,(H,25,27). The molecule has 1 spiro atoms. The van der Waals surface area contributed by atoms with Gasteiger partial charge in [0, 0.05) is 17.7 Å². The number of rotatable bonds is 5. The van der Waals surface area contributed by atoms with E-state index in [2.05, 4.69) is 10.6 Å². The summed E-state index contributed by atoms with van der Waals surface area (Å²) in [6.07, 6.45) is 2.33. The van der Waals surface area contributed by atoms with E-state index in [0.717, 1.165) is 17.0 Å². The lowest BCUT2D eigenvalue weighted by atomic mass is 9.83. The number of amides is 1. The quantitative estimate of drug-likeness (QED) is 0.695. The summed E-state index contributed by atoms with van der Waals surface area (Å²) < 4.78 is 16.3. The number of hydrogen-bond acceptors (Lipinski definition) is 7. The fourth-order valence-corrected chi connectivity index (χ4v) is 3.97. The summed E-state index contributed by atoms with van der Waals surface area (Å²) in [5.41, 5.74) is 0.703. The van der Waals surface area contributed by atoms with E-state index in [9.17, 15) is 14.4 Å². The molecule has 0 saturated heterocycles. The Balaban J connectivity index is 1.66. The number of aryl methyl sites for hydroxylation is 1.